The fourth-order valence-electron chi connectivity index (χ4n) is 7.47. The van der Waals surface area contributed by atoms with E-state index in [-0.39, 0.29) is 33.0 Å². The van der Waals surface area contributed by atoms with Gasteiger partial charge in [-0.15, -0.1) is 10.2 Å². The van der Waals surface area contributed by atoms with Gasteiger partial charge in [-0.2, -0.15) is 10.5 Å². The Balaban J connectivity index is 0.000000182. The van der Waals surface area contributed by atoms with Gasteiger partial charge in [-0.05, 0) is 98.4 Å². The van der Waals surface area contributed by atoms with Crippen molar-refractivity contribution in [3.8, 4) is 29.1 Å². The van der Waals surface area contributed by atoms with Crippen LogP contribution in [0.4, 0.5) is 0 Å². The maximum Gasteiger partial charge on any atom is 0.177 e. The van der Waals surface area contributed by atoms with Gasteiger partial charge in [0.15, 0.2) is 41.0 Å². The third-order valence-electron chi connectivity index (χ3n) is 10.6. The molecule has 11 nitrogen and oxygen atoms in total. The lowest BCUT2D eigenvalue weighted by atomic mass is 9.96. The van der Waals surface area contributed by atoms with Crippen LogP contribution in [-0.4, -0.2) is 69.8 Å². The second-order valence-electron chi connectivity index (χ2n) is 14.2. The molecule has 0 radical (unpaired) electrons. The first-order valence-electron chi connectivity index (χ1n) is 18.7. The zero-order chi connectivity index (χ0) is 35.8. The SMILES string of the molecule is C.C.N#CC1CCN(Cc2ccc([C@H]3COc4ccccc4O3)cc2)CC1.c1ccc2c(c1)OC[C@H](c1ccc(CN3CCC(c4nn[nH]n4)CC3)cc1)O2. The van der Waals surface area contributed by atoms with Crippen LogP contribution >= 0.6 is 0 Å². The summed E-state index contributed by atoms with van der Waals surface area (Å²) in [7, 11) is 0. The Bertz CT molecular complexity index is 1950. The summed E-state index contributed by atoms with van der Waals surface area (Å²) in [6.07, 6.45) is 4.00. The molecule has 0 aliphatic carbocycles. The number of likely N-dealkylation sites (tertiary alicyclic amines) is 2. The molecule has 9 rings (SSSR count). The average molecular weight is 744 g/mol. The highest BCUT2D eigenvalue weighted by atomic mass is 16.6. The molecule has 4 aliphatic rings. The fraction of sp³-hybridized carbons (Fsp3) is 0.409. The second kappa shape index (κ2) is 18.7. The lowest BCUT2D eigenvalue weighted by Crippen LogP contribution is -2.32. The molecule has 55 heavy (non-hydrogen) atoms. The molecule has 4 aromatic carbocycles. The van der Waals surface area contributed by atoms with Gasteiger partial charge in [-0.25, -0.2) is 0 Å². The number of rotatable bonds is 7. The lowest BCUT2D eigenvalue weighted by molar-refractivity contribution is 0.0912. The van der Waals surface area contributed by atoms with Crippen LogP contribution in [0, 0.1) is 17.2 Å². The van der Waals surface area contributed by atoms with Crippen LogP contribution in [0.3, 0.4) is 0 Å². The number of ether oxygens (including phenoxy) is 4. The van der Waals surface area contributed by atoms with Crippen LogP contribution in [-0.2, 0) is 13.1 Å². The highest BCUT2D eigenvalue weighted by molar-refractivity contribution is 5.43. The van der Waals surface area contributed by atoms with Crippen LogP contribution in [0.2, 0.25) is 0 Å². The number of benzene rings is 4. The van der Waals surface area contributed by atoms with E-state index in [1.165, 1.54) is 11.1 Å². The van der Waals surface area contributed by atoms with Gasteiger partial charge in [0.1, 0.15) is 13.2 Å². The van der Waals surface area contributed by atoms with E-state index in [4.69, 9.17) is 24.2 Å². The van der Waals surface area contributed by atoms with E-state index in [0.717, 1.165) is 105 Å². The number of fused-ring (bicyclic) bond motifs is 2. The number of piperidine rings is 2. The standard InChI is InChI=1S/C21H23N5O2.C21H22N2O2.2CH4/c1-2-4-19-18(3-1)27-14-20(28-19)16-7-5-15(6-8-16)13-26-11-9-17(10-12-26)21-22-24-25-23-21;22-13-16-9-11-23(12-10-16)14-17-5-7-18(8-6-17)21-15-24-19-3-1-2-4-20(19)25-21;;/h1-8,17,20H,9-14H2,(H,22,23,24,25);1-8,16,21H,9-12,14-15H2;2*1H4/t20-;21-;;/m11../s1. The Morgan fingerprint density at radius 3 is 1.51 bits per heavy atom. The van der Waals surface area contributed by atoms with Crippen molar-refractivity contribution in [1.29, 1.82) is 5.26 Å². The van der Waals surface area contributed by atoms with E-state index in [1.807, 2.05) is 48.5 Å². The number of para-hydroxylation sites is 4. The zero-order valence-electron chi connectivity index (χ0n) is 29.8. The van der Waals surface area contributed by atoms with E-state index in [0.29, 0.717) is 19.1 Å². The third-order valence-corrected chi connectivity index (χ3v) is 10.6. The van der Waals surface area contributed by atoms with Gasteiger partial charge in [-0.1, -0.05) is 92.9 Å². The van der Waals surface area contributed by atoms with Gasteiger partial charge in [0.25, 0.3) is 0 Å². The van der Waals surface area contributed by atoms with Crippen molar-refractivity contribution < 1.29 is 18.9 Å². The molecule has 0 unspecified atom stereocenters. The van der Waals surface area contributed by atoms with E-state index >= 15 is 0 Å². The molecule has 2 atom stereocenters. The van der Waals surface area contributed by atoms with E-state index in [2.05, 4.69) is 85.0 Å². The maximum atomic E-state index is 8.99. The molecule has 5 aromatic rings. The minimum atomic E-state index is -0.0605. The quantitative estimate of drug-likeness (QED) is 0.174. The molecule has 2 saturated heterocycles. The molecule has 1 N–H and O–H groups in total. The maximum absolute atomic E-state index is 8.99. The van der Waals surface area contributed by atoms with Crippen molar-refractivity contribution >= 4 is 0 Å². The predicted octanol–water partition coefficient (Wildman–Crippen LogP) is 8.30. The average Bonchev–Trinajstić information content (AvgIpc) is 3.77. The van der Waals surface area contributed by atoms with Crippen molar-refractivity contribution in [3.05, 3.63) is 125 Å². The summed E-state index contributed by atoms with van der Waals surface area (Å²) < 4.78 is 23.8. The topological polar surface area (TPSA) is 122 Å². The number of hydrogen-bond donors (Lipinski definition) is 1. The molecule has 0 spiro atoms. The Morgan fingerprint density at radius 1 is 0.618 bits per heavy atom. The van der Waals surface area contributed by atoms with Crippen molar-refractivity contribution in [1.82, 2.24) is 30.4 Å². The van der Waals surface area contributed by atoms with E-state index in [9.17, 15) is 0 Å². The molecule has 0 bridgehead atoms. The lowest BCUT2D eigenvalue weighted by Gasteiger charge is -2.30. The number of aromatic amines is 1. The minimum Gasteiger partial charge on any atom is -0.485 e. The monoisotopic (exact) mass is 743 g/mol. The number of tetrazole rings is 1. The van der Waals surface area contributed by atoms with Crippen molar-refractivity contribution in [2.45, 2.75) is 71.8 Å². The van der Waals surface area contributed by atoms with Gasteiger partial charge in [0, 0.05) is 24.9 Å². The summed E-state index contributed by atoms with van der Waals surface area (Å²) in [6, 6.07) is 35.3. The summed E-state index contributed by atoms with van der Waals surface area (Å²) in [5.41, 5.74) is 4.91. The van der Waals surface area contributed by atoms with E-state index in [1.54, 1.807) is 0 Å². The number of H-pyrrole nitrogens is 1. The van der Waals surface area contributed by atoms with Crippen LogP contribution in [0.5, 0.6) is 23.0 Å². The molecule has 11 heteroatoms. The zero-order valence-corrected chi connectivity index (χ0v) is 29.8. The molecule has 288 valence electrons. The van der Waals surface area contributed by atoms with Gasteiger partial charge in [-0.3, -0.25) is 9.80 Å². The number of nitriles is 1. The first-order chi connectivity index (χ1) is 26.2. The minimum absolute atomic E-state index is 0. The van der Waals surface area contributed by atoms with Crippen LogP contribution in [0.1, 0.15) is 86.7 Å². The van der Waals surface area contributed by atoms with Gasteiger partial charge in [0.05, 0.1) is 6.07 Å². The summed E-state index contributed by atoms with van der Waals surface area (Å²) in [5, 5.41) is 23.5. The molecular weight excluding hydrogens is 691 g/mol. The Labute approximate surface area is 325 Å². The summed E-state index contributed by atoms with van der Waals surface area (Å²) in [6.45, 7) is 7.12. The molecular formula is C44H53N7O4. The molecule has 2 fully saturated rings. The summed E-state index contributed by atoms with van der Waals surface area (Å²) >= 11 is 0. The van der Waals surface area contributed by atoms with Crippen molar-refractivity contribution in [3.63, 3.8) is 0 Å². The van der Waals surface area contributed by atoms with Gasteiger partial charge < -0.3 is 18.9 Å². The number of hydrogen-bond acceptors (Lipinski definition) is 10. The first-order valence-corrected chi connectivity index (χ1v) is 18.7. The van der Waals surface area contributed by atoms with Crippen molar-refractivity contribution in [2.24, 2.45) is 5.92 Å². The molecule has 0 saturated carbocycles. The number of nitrogens with one attached hydrogen (secondary N) is 1. The predicted molar refractivity (Wildman–Crippen MR) is 212 cm³/mol. The third kappa shape index (κ3) is 9.82. The van der Waals surface area contributed by atoms with Gasteiger partial charge >= 0.3 is 0 Å². The fourth-order valence-corrected chi connectivity index (χ4v) is 7.47. The number of aromatic nitrogens is 4. The molecule has 4 aliphatic heterocycles. The summed E-state index contributed by atoms with van der Waals surface area (Å²) in [5.74, 6) is 4.76. The molecule has 0 amide bonds. The number of nitrogens with zero attached hydrogens (tertiary/aromatic N) is 6. The van der Waals surface area contributed by atoms with Crippen LogP contribution < -0.4 is 18.9 Å². The normalized spacial score (nSPS) is 19.8. The summed E-state index contributed by atoms with van der Waals surface area (Å²) in [4.78, 5) is 4.92. The van der Waals surface area contributed by atoms with Crippen LogP contribution in [0.25, 0.3) is 0 Å². The Kier molecular flexibility index (Phi) is 13.4. The Morgan fingerprint density at radius 2 is 1.07 bits per heavy atom. The van der Waals surface area contributed by atoms with Crippen molar-refractivity contribution in [2.75, 3.05) is 39.4 Å². The largest absolute Gasteiger partial charge is 0.485 e. The Hall–Kier alpha value is -5.44. The molecule has 1 aromatic heterocycles. The smallest absolute Gasteiger partial charge is 0.177 e. The van der Waals surface area contributed by atoms with E-state index < -0.39 is 0 Å². The van der Waals surface area contributed by atoms with Crippen LogP contribution in [0.15, 0.2) is 97.1 Å². The highest BCUT2D eigenvalue weighted by Crippen LogP contribution is 2.37. The first kappa shape index (κ1) is 39.3. The van der Waals surface area contributed by atoms with Gasteiger partial charge in [0.2, 0.25) is 0 Å². The second-order valence-corrected chi connectivity index (χ2v) is 14.2. The highest BCUT2D eigenvalue weighted by Gasteiger charge is 2.26. The molecule has 5 heterocycles.